The smallest absolute Gasteiger partial charge is 0.124 e. The van der Waals surface area contributed by atoms with Gasteiger partial charge in [0.1, 0.15) is 5.82 Å². The van der Waals surface area contributed by atoms with E-state index >= 15 is 0 Å². The molecule has 0 aliphatic carbocycles. The molecule has 0 saturated heterocycles. The molecular formula is C14H10BrCl2FO. The summed E-state index contributed by atoms with van der Waals surface area (Å²) in [6.45, 7) is 0. The van der Waals surface area contributed by atoms with Gasteiger partial charge in [-0.25, -0.2) is 4.39 Å². The zero-order chi connectivity index (χ0) is 14.0. The first-order valence-electron chi connectivity index (χ1n) is 5.55. The first kappa shape index (κ1) is 14.8. The van der Waals surface area contributed by atoms with E-state index in [-0.39, 0.29) is 5.82 Å². The van der Waals surface area contributed by atoms with Crippen molar-refractivity contribution in [2.45, 2.75) is 12.5 Å². The van der Waals surface area contributed by atoms with Crippen LogP contribution < -0.4 is 0 Å². The molecule has 2 aromatic carbocycles. The Bertz CT molecular complexity index is 604. The third-order valence-corrected chi connectivity index (χ3v) is 4.34. The van der Waals surface area contributed by atoms with Crippen LogP contribution in [0.4, 0.5) is 4.39 Å². The zero-order valence-corrected chi connectivity index (χ0v) is 12.8. The van der Waals surface area contributed by atoms with Crippen LogP contribution >= 0.6 is 39.1 Å². The summed E-state index contributed by atoms with van der Waals surface area (Å²) in [5, 5.41) is 11.0. The quantitative estimate of drug-likeness (QED) is 0.797. The molecule has 0 amide bonds. The normalized spacial score (nSPS) is 12.5. The van der Waals surface area contributed by atoms with Crippen LogP contribution in [-0.4, -0.2) is 5.11 Å². The molecule has 19 heavy (non-hydrogen) atoms. The fourth-order valence-corrected chi connectivity index (χ4v) is 2.73. The van der Waals surface area contributed by atoms with Gasteiger partial charge in [-0.2, -0.15) is 0 Å². The van der Waals surface area contributed by atoms with Crippen LogP contribution in [0.15, 0.2) is 40.9 Å². The van der Waals surface area contributed by atoms with Crippen LogP contribution in [0, 0.1) is 5.82 Å². The third-order valence-electron chi connectivity index (χ3n) is 2.77. The number of aliphatic hydroxyl groups is 1. The van der Waals surface area contributed by atoms with Gasteiger partial charge in [0.2, 0.25) is 0 Å². The van der Waals surface area contributed by atoms with Gasteiger partial charge in [0.15, 0.2) is 0 Å². The standard InChI is InChI=1S/C14H10BrCl2FO/c15-11-7-9(18)5-4-8(11)6-13(19)10-2-1-3-12(16)14(10)17/h1-5,7,13,19H,6H2. The molecule has 1 unspecified atom stereocenters. The average Bonchev–Trinajstić information content (AvgIpc) is 2.36. The summed E-state index contributed by atoms with van der Waals surface area (Å²) in [5.41, 5.74) is 1.36. The molecule has 0 saturated carbocycles. The van der Waals surface area contributed by atoms with E-state index in [1.165, 1.54) is 12.1 Å². The monoisotopic (exact) mass is 362 g/mol. The molecule has 0 heterocycles. The van der Waals surface area contributed by atoms with E-state index in [1.54, 1.807) is 24.3 Å². The molecule has 0 aliphatic heterocycles. The molecule has 2 aromatic rings. The number of rotatable bonds is 3. The first-order chi connectivity index (χ1) is 8.99. The Kier molecular flexibility index (Phi) is 4.85. The average molecular weight is 364 g/mol. The highest BCUT2D eigenvalue weighted by molar-refractivity contribution is 9.10. The lowest BCUT2D eigenvalue weighted by Crippen LogP contribution is -2.03. The minimum Gasteiger partial charge on any atom is -0.388 e. The van der Waals surface area contributed by atoms with Crippen molar-refractivity contribution < 1.29 is 9.50 Å². The highest BCUT2D eigenvalue weighted by atomic mass is 79.9. The topological polar surface area (TPSA) is 20.2 Å². The Morgan fingerprint density at radius 3 is 2.63 bits per heavy atom. The van der Waals surface area contributed by atoms with Crippen molar-refractivity contribution >= 4 is 39.1 Å². The lowest BCUT2D eigenvalue weighted by molar-refractivity contribution is 0.178. The Morgan fingerprint density at radius 1 is 1.21 bits per heavy atom. The summed E-state index contributed by atoms with van der Waals surface area (Å²) in [5.74, 6) is -0.328. The van der Waals surface area contributed by atoms with E-state index < -0.39 is 6.10 Å². The van der Waals surface area contributed by atoms with Gasteiger partial charge in [-0.15, -0.1) is 0 Å². The molecule has 0 bridgehead atoms. The van der Waals surface area contributed by atoms with Crippen molar-refractivity contribution in [3.8, 4) is 0 Å². The Morgan fingerprint density at radius 2 is 1.95 bits per heavy atom. The molecule has 0 aliphatic rings. The van der Waals surface area contributed by atoms with E-state index in [0.29, 0.717) is 26.5 Å². The van der Waals surface area contributed by atoms with Crippen molar-refractivity contribution in [2.75, 3.05) is 0 Å². The van der Waals surface area contributed by atoms with Gasteiger partial charge in [0, 0.05) is 16.5 Å². The van der Waals surface area contributed by atoms with E-state index in [4.69, 9.17) is 23.2 Å². The summed E-state index contributed by atoms with van der Waals surface area (Å²) in [6, 6.07) is 9.45. The highest BCUT2D eigenvalue weighted by Crippen LogP contribution is 2.32. The Labute approximate surface area is 129 Å². The van der Waals surface area contributed by atoms with Gasteiger partial charge in [0.05, 0.1) is 16.1 Å². The number of hydrogen-bond donors (Lipinski definition) is 1. The van der Waals surface area contributed by atoms with Gasteiger partial charge < -0.3 is 5.11 Å². The molecule has 1 N–H and O–H groups in total. The predicted molar refractivity (Wildman–Crippen MR) is 79.2 cm³/mol. The molecule has 5 heteroatoms. The van der Waals surface area contributed by atoms with E-state index in [1.807, 2.05) is 0 Å². The molecular weight excluding hydrogens is 354 g/mol. The molecule has 0 radical (unpaired) electrons. The summed E-state index contributed by atoms with van der Waals surface area (Å²) >= 11 is 15.2. The molecule has 2 rings (SSSR count). The predicted octanol–water partition coefficient (Wildman–Crippen LogP) is 5.17. The summed E-state index contributed by atoms with van der Waals surface area (Å²) in [4.78, 5) is 0. The number of hydrogen-bond acceptors (Lipinski definition) is 1. The number of aliphatic hydroxyl groups excluding tert-OH is 1. The minimum atomic E-state index is -0.798. The number of halogens is 4. The van der Waals surface area contributed by atoms with Crippen LogP contribution in [0.5, 0.6) is 0 Å². The Balaban J connectivity index is 2.25. The molecule has 0 spiro atoms. The van der Waals surface area contributed by atoms with E-state index in [2.05, 4.69) is 15.9 Å². The van der Waals surface area contributed by atoms with Crippen molar-refractivity contribution in [3.05, 3.63) is 67.9 Å². The van der Waals surface area contributed by atoms with E-state index in [0.717, 1.165) is 5.56 Å². The fourth-order valence-electron chi connectivity index (χ4n) is 1.78. The summed E-state index contributed by atoms with van der Waals surface area (Å²) < 4.78 is 13.6. The lowest BCUT2D eigenvalue weighted by atomic mass is 10.0. The number of benzene rings is 2. The first-order valence-corrected chi connectivity index (χ1v) is 7.10. The van der Waals surface area contributed by atoms with Crippen molar-refractivity contribution in [1.82, 2.24) is 0 Å². The fraction of sp³-hybridized carbons (Fsp3) is 0.143. The van der Waals surface area contributed by atoms with Gasteiger partial charge in [-0.05, 0) is 23.8 Å². The van der Waals surface area contributed by atoms with Gasteiger partial charge in [0.25, 0.3) is 0 Å². The summed E-state index contributed by atoms with van der Waals surface area (Å²) in [7, 11) is 0. The van der Waals surface area contributed by atoms with Crippen LogP contribution in [0.2, 0.25) is 10.0 Å². The largest absolute Gasteiger partial charge is 0.388 e. The molecule has 1 nitrogen and oxygen atoms in total. The third kappa shape index (κ3) is 3.48. The minimum absolute atomic E-state index is 0.320. The lowest BCUT2D eigenvalue weighted by Gasteiger charge is -2.14. The molecule has 0 fully saturated rings. The maximum Gasteiger partial charge on any atom is 0.124 e. The van der Waals surface area contributed by atoms with Crippen LogP contribution in [-0.2, 0) is 6.42 Å². The molecule has 0 aromatic heterocycles. The van der Waals surface area contributed by atoms with Crippen LogP contribution in [0.25, 0.3) is 0 Å². The highest BCUT2D eigenvalue weighted by Gasteiger charge is 2.15. The second-order valence-electron chi connectivity index (χ2n) is 4.10. The zero-order valence-electron chi connectivity index (χ0n) is 9.71. The molecule has 1 atom stereocenters. The van der Waals surface area contributed by atoms with Crippen molar-refractivity contribution in [2.24, 2.45) is 0 Å². The SMILES string of the molecule is OC(Cc1ccc(F)cc1Br)c1cccc(Cl)c1Cl. The summed E-state index contributed by atoms with van der Waals surface area (Å²) in [6.07, 6.45) is -0.478. The maximum absolute atomic E-state index is 13.0. The second-order valence-corrected chi connectivity index (χ2v) is 5.74. The molecule has 100 valence electrons. The van der Waals surface area contributed by atoms with E-state index in [9.17, 15) is 9.50 Å². The van der Waals surface area contributed by atoms with Crippen molar-refractivity contribution in [3.63, 3.8) is 0 Å². The van der Waals surface area contributed by atoms with Gasteiger partial charge >= 0.3 is 0 Å². The Hall–Kier alpha value is -0.610. The van der Waals surface area contributed by atoms with Gasteiger partial charge in [-0.3, -0.25) is 0 Å². The van der Waals surface area contributed by atoms with Crippen LogP contribution in [0.1, 0.15) is 17.2 Å². The van der Waals surface area contributed by atoms with Crippen molar-refractivity contribution in [1.29, 1.82) is 0 Å². The maximum atomic E-state index is 13.0. The second kappa shape index (κ2) is 6.23. The van der Waals surface area contributed by atoms with Crippen LogP contribution in [0.3, 0.4) is 0 Å². The van der Waals surface area contributed by atoms with Gasteiger partial charge in [-0.1, -0.05) is 57.3 Å².